The van der Waals surface area contributed by atoms with Crippen LogP contribution in [0.4, 0.5) is 11.4 Å². The van der Waals surface area contributed by atoms with Crippen molar-refractivity contribution in [2.45, 2.75) is 4.90 Å². The van der Waals surface area contributed by atoms with Crippen molar-refractivity contribution in [3.63, 3.8) is 0 Å². The molecule has 0 heterocycles. The largest absolute Gasteiger partial charge is 0.497 e. The number of carbonyl (C=O) groups excluding carboxylic acids is 1. The highest BCUT2D eigenvalue weighted by Gasteiger charge is 2.11. The quantitative estimate of drug-likeness (QED) is 0.828. The number of rotatable bonds is 5. The second-order valence-corrected chi connectivity index (χ2v) is 5.75. The summed E-state index contributed by atoms with van der Waals surface area (Å²) in [7, 11) is 0.147. The van der Waals surface area contributed by atoms with Crippen LogP contribution >= 0.6 is 0 Å². The molecule has 3 N–H and O–H groups in total. The van der Waals surface area contributed by atoms with E-state index in [1.54, 1.807) is 55.6 Å². The van der Waals surface area contributed by atoms with Crippen LogP contribution in [0.2, 0.25) is 0 Å². The number of ether oxygens (including phenoxy) is 1. The second-order valence-electron chi connectivity index (χ2n) is 4.30. The van der Waals surface area contributed by atoms with Gasteiger partial charge in [0, 0.05) is 4.90 Å². The lowest BCUT2D eigenvalue weighted by molar-refractivity contribution is -0.113. The van der Waals surface area contributed by atoms with Crippen molar-refractivity contribution in [1.29, 1.82) is 0 Å². The van der Waals surface area contributed by atoms with Crippen LogP contribution < -0.4 is 15.8 Å². The van der Waals surface area contributed by atoms with Crippen molar-refractivity contribution in [3.8, 4) is 5.75 Å². The van der Waals surface area contributed by atoms with Crippen LogP contribution in [0.15, 0.2) is 53.4 Å². The summed E-state index contributed by atoms with van der Waals surface area (Å²) in [6.07, 6.45) is 0. The predicted octanol–water partition coefficient (Wildman–Crippen LogP) is 2.02. The van der Waals surface area contributed by atoms with Gasteiger partial charge in [0.15, 0.2) is 0 Å². The molecule has 0 saturated heterocycles. The second kappa shape index (κ2) is 6.90. The summed E-state index contributed by atoms with van der Waals surface area (Å²) >= 11 is 0. The van der Waals surface area contributed by atoms with Gasteiger partial charge < -0.3 is 15.8 Å². The molecule has 21 heavy (non-hydrogen) atoms. The summed E-state index contributed by atoms with van der Waals surface area (Å²) in [6, 6.07) is 13.7. The molecule has 0 aliphatic heterocycles. The maximum Gasteiger partial charge on any atom is 0.237 e. The maximum absolute atomic E-state index is 12.1. The molecule has 0 fully saturated rings. The lowest BCUT2D eigenvalue weighted by atomic mass is 10.3. The Bertz CT molecular complexity index is 656. The SMILES string of the molecule is COc1ccc(S(=O)CC(=O)Nc2ccccc2N)cc1. The van der Waals surface area contributed by atoms with Crippen LogP contribution in [0.1, 0.15) is 0 Å². The lowest BCUT2D eigenvalue weighted by Gasteiger charge is -2.08. The van der Waals surface area contributed by atoms with Crippen molar-refractivity contribution in [2.75, 3.05) is 23.9 Å². The maximum atomic E-state index is 12.1. The first-order valence-electron chi connectivity index (χ1n) is 6.27. The van der Waals surface area contributed by atoms with E-state index in [0.29, 0.717) is 22.0 Å². The number of benzene rings is 2. The summed E-state index contributed by atoms with van der Waals surface area (Å²) < 4.78 is 17.1. The van der Waals surface area contributed by atoms with Gasteiger partial charge >= 0.3 is 0 Å². The molecule has 0 radical (unpaired) electrons. The van der Waals surface area contributed by atoms with Crippen molar-refractivity contribution in [3.05, 3.63) is 48.5 Å². The van der Waals surface area contributed by atoms with Crippen molar-refractivity contribution < 1.29 is 13.7 Å². The fourth-order valence-corrected chi connectivity index (χ4v) is 2.64. The summed E-state index contributed by atoms with van der Waals surface area (Å²) in [6.45, 7) is 0. The van der Waals surface area contributed by atoms with Gasteiger partial charge in [0.2, 0.25) is 5.91 Å². The van der Waals surface area contributed by atoms with E-state index < -0.39 is 10.8 Å². The molecule has 0 bridgehead atoms. The average molecular weight is 304 g/mol. The molecule has 0 saturated carbocycles. The van der Waals surface area contributed by atoms with Crippen LogP contribution in [-0.4, -0.2) is 23.0 Å². The molecule has 0 aliphatic carbocycles. The molecule has 0 spiro atoms. The first-order valence-corrected chi connectivity index (χ1v) is 7.59. The molecule has 1 unspecified atom stereocenters. The van der Waals surface area contributed by atoms with Gasteiger partial charge in [0.1, 0.15) is 11.5 Å². The monoisotopic (exact) mass is 304 g/mol. The Morgan fingerprint density at radius 3 is 2.48 bits per heavy atom. The van der Waals surface area contributed by atoms with Gasteiger partial charge in [0.05, 0.1) is 29.3 Å². The van der Waals surface area contributed by atoms with Gasteiger partial charge in [0.25, 0.3) is 0 Å². The Hall–Kier alpha value is -2.34. The zero-order chi connectivity index (χ0) is 15.2. The Kier molecular flexibility index (Phi) is 4.94. The van der Waals surface area contributed by atoms with E-state index in [0.717, 1.165) is 0 Å². The topological polar surface area (TPSA) is 81.4 Å². The fourth-order valence-electron chi connectivity index (χ4n) is 1.73. The zero-order valence-electron chi connectivity index (χ0n) is 11.5. The number of nitrogens with two attached hydrogens (primary N) is 1. The number of hydrogen-bond acceptors (Lipinski definition) is 4. The Morgan fingerprint density at radius 2 is 1.86 bits per heavy atom. The minimum Gasteiger partial charge on any atom is -0.497 e. The number of amides is 1. The van der Waals surface area contributed by atoms with Crippen molar-refractivity contribution >= 4 is 28.1 Å². The predicted molar refractivity (Wildman–Crippen MR) is 83.8 cm³/mol. The molecule has 1 atom stereocenters. The first-order chi connectivity index (χ1) is 10.1. The molecule has 2 rings (SSSR count). The highest BCUT2D eigenvalue weighted by Crippen LogP contribution is 2.17. The number of hydrogen-bond donors (Lipinski definition) is 2. The van der Waals surface area contributed by atoms with E-state index in [1.165, 1.54) is 0 Å². The Labute approximate surface area is 125 Å². The number of anilines is 2. The molecule has 5 nitrogen and oxygen atoms in total. The molecule has 1 amide bonds. The van der Waals surface area contributed by atoms with E-state index in [1.807, 2.05) is 0 Å². The summed E-state index contributed by atoms with van der Waals surface area (Å²) in [5.74, 6) is 0.208. The number of methoxy groups -OCH3 is 1. The molecule has 0 aromatic heterocycles. The van der Waals surface area contributed by atoms with Gasteiger partial charge in [-0.3, -0.25) is 9.00 Å². The minimum absolute atomic E-state index is 0.124. The summed E-state index contributed by atoms with van der Waals surface area (Å²) in [5, 5.41) is 2.65. The first kappa shape index (κ1) is 15.1. The zero-order valence-corrected chi connectivity index (χ0v) is 12.4. The van der Waals surface area contributed by atoms with E-state index in [4.69, 9.17) is 10.5 Å². The van der Waals surface area contributed by atoms with Gasteiger partial charge in [-0.1, -0.05) is 12.1 Å². The van der Waals surface area contributed by atoms with Crippen molar-refractivity contribution in [2.24, 2.45) is 0 Å². The Morgan fingerprint density at radius 1 is 1.19 bits per heavy atom. The molecular weight excluding hydrogens is 288 g/mol. The van der Waals surface area contributed by atoms with E-state index >= 15 is 0 Å². The molecular formula is C15H16N2O3S. The summed E-state index contributed by atoms with van der Waals surface area (Å²) in [5.41, 5.74) is 6.73. The molecule has 110 valence electrons. The van der Waals surface area contributed by atoms with Crippen LogP contribution in [-0.2, 0) is 15.6 Å². The number of carbonyl (C=O) groups is 1. The number of nitrogen functional groups attached to an aromatic ring is 1. The van der Waals surface area contributed by atoms with E-state index in [9.17, 15) is 9.00 Å². The minimum atomic E-state index is -1.41. The van der Waals surface area contributed by atoms with Gasteiger partial charge in [-0.15, -0.1) is 0 Å². The normalized spacial score (nSPS) is 11.7. The molecule has 2 aromatic carbocycles. The van der Waals surface area contributed by atoms with E-state index in [-0.39, 0.29) is 11.7 Å². The lowest BCUT2D eigenvalue weighted by Crippen LogP contribution is -2.20. The summed E-state index contributed by atoms with van der Waals surface area (Å²) in [4.78, 5) is 12.5. The van der Waals surface area contributed by atoms with Crippen LogP contribution in [0, 0.1) is 0 Å². The third-order valence-corrected chi connectivity index (χ3v) is 4.14. The van der Waals surface area contributed by atoms with Gasteiger partial charge in [-0.05, 0) is 36.4 Å². The van der Waals surface area contributed by atoms with Crippen molar-refractivity contribution in [1.82, 2.24) is 0 Å². The van der Waals surface area contributed by atoms with Crippen LogP contribution in [0.25, 0.3) is 0 Å². The van der Waals surface area contributed by atoms with Gasteiger partial charge in [-0.2, -0.15) is 0 Å². The standard InChI is InChI=1S/C15H16N2O3S/c1-20-11-6-8-12(9-7-11)21(19)10-15(18)17-14-5-3-2-4-13(14)16/h2-9H,10,16H2,1H3,(H,17,18). The third kappa shape index (κ3) is 4.06. The van der Waals surface area contributed by atoms with Crippen LogP contribution in [0.3, 0.4) is 0 Å². The Balaban J connectivity index is 1.98. The highest BCUT2D eigenvalue weighted by molar-refractivity contribution is 7.85. The highest BCUT2D eigenvalue weighted by atomic mass is 32.2. The molecule has 0 aliphatic rings. The smallest absolute Gasteiger partial charge is 0.237 e. The molecule has 2 aromatic rings. The number of nitrogens with one attached hydrogen (secondary N) is 1. The molecule has 6 heteroatoms. The van der Waals surface area contributed by atoms with E-state index in [2.05, 4.69) is 5.32 Å². The van der Waals surface area contributed by atoms with Gasteiger partial charge in [-0.25, -0.2) is 0 Å². The van der Waals surface area contributed by atoms with Crippen LogP contribution in [0.5, 0.6) is 5.75 Å². The third-order valence-electron chi connectivity index (χ3n) is 2.82. The number of para-hydroxylation sites is 2. The average Bonchev–Trinajstić information content (AvgIpc) is 2.49. The fraction of sp³-hybridized carbons (Fsp3) is 0.133.